The summed E-state index contributed by atoms with van der Waals surface area (Å²) >= 11 is 3.39. The molecule has 6 nitrogen and oxygen atoms in total. The average molecular weight is 461 g/mol. The second kappa shape index (κ2) is 11.4. The maximum absolute atomic E-state index is 12.3. The molecule has 2 aromatic carbocycles. The van der Waals surface area contributed by atoms with E-state index in [2.05, 4.69) is 26.6 Å². The summed E-state index contributed by atoms with van der Waals surface area (Å²) in [4.78, 5) is 36.5. The third kappa shape index (κ3) is 7.69. The van der Waals surface area contributed by atoms with Crippen LogP contribution in [0.15, 0.2) is 59.1 Å². The van der Waals surface area contributed by atoms with Crippen molar-refractivity contribution < 1.29 is 19.1 Å². The molecule has 2 amide bonds. The number of ether oxygens (including phenoxy) is 1. The van der Waals surface area contributed by atoms with E-state index >= 15 is 0 Å². The molecule has 2 aromatic rings. The lowest BCUT2D eigenvalue weighted by Crippen LogP contribution is -2.43. The number of benzene rings is 2. The standard InChI is InChI=1S/C22H25BrN2O4/c1-15(17-8-4-3-5-9-17)24-20(26)11-12-21(27)25-19(22(28)29-2)14-16-7-6-10-18(23)13-16/h3-10,13,15,19H,11-12,14H2,1-2H3,(H,24,26)(H,25,27)/t15-,19-/m1/s1. The summed E-state index contributed by atoms with van der Waals surface area (Å²) in [6.45, 7) is 1.89. The van der Waals surface area contributed by atoms with E-state index in [-0.39, 0.29) is 30.7 Å². The Labute approximate surface area is 179 Å². The minimum atomic E-state index is -0.812. The van der Waals surface area contributed by atoms with Gasteiger partial charge in [-0.05, 0) is 30.2 Å². The third-order valence-corrected chi connectivity index (χ3v) is 4.90. The first-order valence-corrected chi connectivity index (χ1v) is 10.1. The number of esters is 1. The van der Waals surface area contributed by atoms with Crippen LogP contribution in [0.4, 0.5) is 0 Å². The Morgan fingerprint density at radius 3 is 2.24 bits per heavy atom. The van der Waals surface area contributed by atoms with Gasteiger partial charge >= 0.3 is 5.97 Å². The Kier molecular flexibility index (Phi) is 8.86. The van der Waals surface area contributed by atoms with Gasteiger partial charge in [0.15, 0.2) is 0 Å². The van der Waals surface area contributed by atoms with Gasteiger partial charge < -0.3 is 15.4 Å². The minimum Gasteiger partial charge on any atom is -0.467 e. The van der Waals surface area contributed by atoms with E-state index in [1.54, 1.807) is 0 Å². The molecule has 2 atom stereocenters. The molecule has 0 aromatic heterocycles. The monoisotopic (exact) mass is 460 g/mol. The van der Waals surface area contributed by atoms with Crippen LogP contribution in [0.5, 0.6) is 0 Å². The van der Waals surface area contributed by atoms with Gasteiger partial charge in [-0.25, -0.2) is 4.79 Å². The van der Waals surface area contributed by atoms with Crippen LogP contribution in [0.2, 0.25) is 0 Å². The van der Waals surface area contributed by atoms with Gasteiger partial charge in [0.05, 0.1) is 13.2 Å². The Hall–Kier alpha value is -2.67. The lowest BCUT2D eigenvalue weighted by Gasteiger charge is -2.17. The van der Waals surface area contributed by atoms with Gasteiger partial charge in [-0.15, -0.1) is 0 Å². The molecule has 0 saturated carbocycles. The number of carbonyl (C=O) groups is 3. The van der Waals surface area contributed by atoms with Crippen molar-refractivity contribution in [2.24, 2.45) is 0 Å². The number of hydrogen-bond donors (Lipinski definition) is 2. The van der Waals surface area contributed by atoms with Crippen molar-refractivity contribution in [1.82, 2.24) is 10.6 Å². The van der Waals surface area contributed by atoms with Crippen molar-refractivity contribution in [2.45, 2.75) is 38.3 Å². The van der Waals surface area contributed by atoms with Gasteiger partial charge in [-0.2, -0.15) is 0 Å². The quantitative estimate of drug-likeness (QED) is 0.562. The molecular formula is C22H25BrN2O4. The molecular weight excluding hydrogens is 436 g/mol. The van der Waals surface area contributed by atoms with Gasteiger partial charge in [0.1, 0.15) is 6.04 Å². The molecule has 0 radical (unpaired) electrons. The van der Waals surface area contributed by atoms with Crippen molar-refractivity contribution in [3.05, 3.63) is 70.2 Å². The van der Waals surface area contributed by atoms with E-state index in [0.29, 0.717) is 6.42 Å². The molecule has 29 heavy (non-hydrogen) atoms. The van der Waals surface area contributed by atoms with Crippen LogP contribution in [-0.2, 0) is 25.5 Å². The fourth-order valence-electron chi connectivity index (χ4n) is 2.87. The molecule has 2 N–H and O–H groups in total. The van der Waals surface area contributed by atoms with E-state index in [0.717, 1.165) is 15.6 Å². The second-order valence-electron chi connectivity index (χ2n) is 6.68. The summed E-state index contributed by atoms with van der Waals surface area (Å²) in [6, 6.07) is 16.1. The summed E-state index contributed by atoms with van der Waals surface area (Å²) in [5.41, 5.74) is 1.87. The number of hydrogen-bond acceptors (Lipinski definition) is 4. The topological polar surface area (TPSA) is 84.5 Å². The van der Waals surface area contributed by atoms with Crippen molar-refractivity contribution >= 4 is 33.7 Å². The van der Waals surface area contributed by atoms with E-state index in [1.807, 2.05) is 61.5 Å². The number of methoxy groups -OCH3 is 1. The smallest absolute Gasteiger partial charge is 0.328 e. The maximum atomic E-state index is 12.3. The number of amides is 2. The highest BCUT2D eigenvalue weighted by Crippen LogP contribution is 2.14. The average Bonchev–Trinajstić information content (AvgIpc) is 2.72. The number of nitrogens with one attached hydrogen (secondary N) is 2. The van der Waals surface area contributed by atoms with Crippen molar-refractivity contribution in [3.8, 4) is 0 Å². The van der Waals surface area contributed by atoms with Crippen LogP contribution in [0, 0.1) is 0 Å². The summed E-state index contributed by atoms with van der Waals surface area (Å²) in [6.07, 6.45) is 0.322. The first kappa shape index (κ1) is 22.6. The molecule has 0 saturated heterocycles. The van der Waals surface area contributed by atoms with Crippen LogP contribution in [0.3, 0.4) is 0 Å². The van der Waals surface area contributed by atoms with Crippen LogP contribution in [0.1, 0.15) is 36.9 Å². The highest BCUT2D eigenvalue weighted by Gasteiger charge is 2.22. The minimum absolute atomic E-state index is 0.0146. The molecule has 154 valence electrons. The van der Waals surface area contributed by atoms with Gasteiger partial charge in [0, 0.05) is 23.7 Å². The SMILES string of the molecule is COC(=O)[C@@H](Cc1cccc(Br)c1)NC(=O)CCC(=O)N[C@H](C)c1ccccc1. The predicted molar refractivity (Wildman–Crippen MR) is 114 cm³/mol. The van der Waals surface area contributed by atoms with E-state index in [4.69, 9.17) is 4.74 Å². The second-order valence-corrected chi connectivity index (χ2v) is 7.59. The molecule has 0 unspecified atom stereocenters. The number of halogens is 1. The molecule has 0 aliphatic carbocycles. The van der Waals surface area contributed by atoms with Gasteiger partial charge in [0.2, 0.25) is 11.8 Å². The summed E-state index contributed by atoms with van der Waals surface area (Å²) < 4.78 is 5.68. The van der Waals surface area contributed by atoms with E-state index in [1.165, 1.54) is 7.11 Å². The normalized spacial score (nSPS) is 12.5. The number of carbonyl (C=O) groups excluding carboxylic acids is 3. The molecule has 0 heterocycles. The molecule has 0 spiro atoms. The maximum Gasteiger partial charge on any atom is 0.328 e. The highest BCUT2D eigenvalue weighted by atomic mass is 79.9. The predicted octanol–water partition coefficient (Wildman–Crippen LogP) is 3.31. The Balaban J connectivity index is 1.86. The lowest BCUT2D eigenvalue weighted by atomic mass is 10.1. The van der Waals surface area contributed by atoms with Gasteiger partial charge in [-0.1, -0.05) is 58.4 Å². The zero-order chi connectivity index (χ0) is 21.2. The van der Waals surface area contributed by atoms with Gasteiger partial charge in [-0.3, -0.25) is 9.59 Å². The van der Waals surface area contributed by atoms with E-state index in [9.17, 15) is 14.4 Å². The Morgan fingerprint density at radius 2 is 1.62 bits per heavy atom. The molecule has 0 bridgehead atoms. The highest BCUT2D eigenvalue weighted by molar-refractivity contribution is 9.10. The largest absolute Gasteiger partial charge is 0.467 e. The van der Waals surface area contributed by atoms with Gasteiger partial charge in [0.25, 0.3) is 0 Å². The Bertz CT molecular complexity index is 842. The molecule has 7 heteroatoms. The Morgan fingerprint density at radius 1 is 0.966 bits per heavy atom. The van der Waals surface area contributed by atoms with Crippen molar-refractivity contribution in [3.63, 3.8) is 0 Å². The molecule has 2 rings (SSSR count). The lowest BCUT2D eigenvalue weighted by molar-refractivity contribution is -0.145. The number of rotatable bonds is 9. The molecule has 0 aliphatic heterocycles. The van der Waals surface area contributed by atoms with E-state index < -0.39 is 12.0 Å². The summed E-state index contributed by atoms with van der Waals surface area (Å²) in [5, 5.41) is 5.54. The first-order valence-electron chi connectivity index (χ1n) is 9.35. The molecule has 0 fully saturated rings. The zero-order valence-electron chi connectivity index (χ0n) is 16.5. The van der Waals surface area contributed by atoms with Crippen molar-refractivity contribution in [1.29, 1.82) is 0 Å². The van der Waals surface area contributed by atoms with Crippen molar-refractivity contribution in [2.75, 3.05) is 7.11 Å². The van der Waals surface area contributed by atoms with Crippen LogP contribution in [0.25, 0.3) is 0 Å². The third-order valence-electron chi connectivity index (χ3n) is 4.41. The fourth-order valence-corrected chi connectivity index (χ4v) is 3.31. The van der Waals surface area contributed by atoms with Crippen LogP contribution in [-0.4, -0.2) is 30.9 Å². The summed E-state index contributed by atoms with van der Waals surface area (Å²) in [7, 11) is 1.28. The zero-order valence-corrected chi connectivity index (χ0v) is 18.1. The molecule has 0 aliphatic rings. The summed E-state index contributed by atoms with van der Waals surface area (Å²) in [5.74, 6) is -1.13. The fraction of sp³-hybridized carbons (Fsp3) is 0.318. The van der Waals surface area contributed by atoms with Crippen LogP contribution < -0.4 is 10.6 Å². The first-order chi connectivity index (χ1) is 13.9. The van der Waals surface area contributed by atoms with Crippen LogP contribution >= 0.6 is 15.9 Å².